The van der Waals surface area contributed by atoms with Crippen LogP contribution in [0, 0.1) is 0 Å². The number of ether oxygens (including phenoxy) is 5. The van der Waals surface area contributed by atoms with E-state index in [-0.39, 0.29) is 41.6 Å². The Morgan fingerprint density at radius 2 is 1.15 bits per heavy atom. The van der Waals surface area contributed by atoms with Crippen LogP contribution in [0.2, 0.25) is 5.15 Å². The van der Waals surface area contributed by atoms with Crippen LogP contribution in [0.4, 0.5) is 15.4 Å². The normalized spacial score (nSPS) is 15.2. The maximum Gasteiger partial charge on any atom is 0.410 e. The van der Waals surface area contributed by atoms with E-state index in [1.165, 1.54) is 68.4 Å². The summed E-state index contributed by atoms with van der Waals surface area (Å²) in [6.07, 6.45) is 11.8. The van der Waals surface area contributed by atoms with E-state index in [1.54, 1.807) is 23.6 Å². The largest absolute Gasteiger partial charge is 0.462 e. The zero-order chi connectivity index (χ0) is 50.6. The number of anilines is 1. The smallest absolute Gasteiger partial charge is 0.410 e. The van der Waals surface area contributed by atoms with Crippen molar-refractivity contribution in [2.45, 2.75) is 148 Å². The Morgan fingerprint density at radius 3 is 1.51 bits per heavy atom. The minimum absolute atomic E-state index is 0.0986. The van der Waals surface area contributed by atoms with E-state index in [2.05, 4.69) is 50.9 Å². The van der Waals surface area contributed by atoms with Crippen molar-refractivity contribution in [3.8, 4) is 0 Å². The number of nitrogens with one attached hydrogen (secondary N) is 1. The molecule has 382 valence electrons. The van der Waals surface area contributed by atoms with Gasteiger partial charge in [0, 0.05) is 63.9 Å². The summed E-state index contributed by atoms with van der Waals surface area (Å²) in [6.45, 7) is 30.0. The number of carbonyl (C=O) groups is 4. The van der Waals surface area contributed by atoms with E-state index in [9.17, 15) is 19.2 Å². The third kappa shape index (κ3) is 26.0. The van der Waals surface area contributed by atoms with Crippen LogP contribution in [0.1, 0.15) is 135 Å². The number of nitrogens with zero attached hydrogens (tertiary/aromatic N) is 7. The second-order valence-corrected chi connectivity index (χ2v) is 19.2. The molecule has 0 bridgehead atoms. The highest BCUT2D eigenvalue weighted by molar-refractivity contribution is 7.98. The van der Waals surface area contributed by atoms with Crippen LogP contribution < -0.4 is 11.1 Å². The second kappa shape index (κ2) is 33.0. The van der Waals surface area contributed by atoms with Crippen LogP contribution in [0.15, 0.2) is 22.7 Å². The third-order valence-corrected chi connectivity index (χ3v) is 11.1. The summed E-state index contributed by atoms with van der Waals surface area (Å²) < 4.78 is 25.5. The number of halogens is 1. The number of thioether (sulfide) groups is 2. The van der Waals surface area contributed by atoms with Gasteiger partial charge in [-0.05, 0) is 126 Å². The lowest BCUT2D eigenvalue weighted by atomic mass is 10.1. The molecule has 3 saturated heterocycles. The van der Waals surface area contributed by atoms with Gasteiger partial charge in [0.05, 0.1) is 13.2 Å². The van der Waals surface area contributed by atoms with Gasteiger partial charge in [-0.2, -0.15) is 0 Å². The molecule has 21 heteroatoms. The van der Waals surface area contributed by atoms with Gasteiger partial charge in [-0.25, -0.2) is 39.1 Å². The topological polar surface area (TPSA) is 214 Å². The van der Waals surface area contributed by atoms with Crippen LogP contribution >= 0.6 is 35.1 Å². The molecular weight excluding hydrogens is 922 g/mol. The Morgan fingerprint density at radius 1 is 0.731 bits per heavy atom. The first-order valence-electron chi connectivity index (χ1n) is 23.2. The molecule has 3 fully saturated rings. The molecule has 5 heterocycles. The van der Waals surface area contributed by atoms with Crippen LogP contribution in [0.5, 0.6) is 0 Å². The van der Waals surface area contributed by atoms with Crippen molar-refractivity contribution in [3.63, 3.8) is 0 Å². The molecule has 3 aliphatic heterocycles. The summed E-state index contributed by atoms with van der Waals surface area (Å²) >= 11 is 8.54. The number of amides is 2. The lowest BCUT2D eigenvalue weighted by Gasteiger charge is -2.34. The van der Waals surface area contributed by atoms with Gasteiger partial charge in [0.15, 0.2) is 10.3 Å². The van der Waals surface area contributed by atoms with Gasteiger partial charge in [0.1, 0.15) is 33.3 Å². The summed E-state index contributed by atoms with van der Waals surface area (Å²) in [5.74, 6) is -0.465. The Hall–Kier alpha value is -3.69. The van der Waals surface area contributed by atoms with Crippen LogP contribution in [-0.4, -0.2) is 167 Å². The molecule has 0 aromatic carbocycles. The van der Waals surface area contributed by atoms with Crippen molar-refractivity contribution in [3.05, 3.63) is 28.7 Å². The quantitative estimate of drug-likeness (QED) is 0.0708. The molecular formula is C46H80ClN9O9S2. The van der Waals surface area contributed by atoms with Crippen molar-refractivity contribution < 1.29 is 42.9 Å². The number of nitrogens with two attached hydrogens (primary N) is 1. The van der Waals surface area contributed by atoms with Gasteiger partial charge in [0.2, 0.25) is 0 Å². The van der Waals surface area contributed by atoms with Crippen molar-refractivity contribution in [2.75, 3.05) is 90.1 Å². The van der Waals surface area contributed by atoms with Crippen molar-refractivity contribution in [1.29, 1.82) is 0 Å². The molecule has 0 unspecified atom stereocenters. The molecule has 18 nitrogen and oxygen atoms in total. The van der Waals surface area contributed by atoms with Crippen LogP contribution in [0.3, 0.4) is 0 Å². The number of aromatic nitrogens is 4. The number of likely N-dealkylation sites (tertiary alicyclic amines) is 2. The van der Waals surface area contributed by atoms with E-state index in [0.29, 0.717) is 41.4 Å². The summed E-state index contributed by atoms with van der Waals surface area (Å²) in [4.78, 5) is 69.4. The minimum Gasteiger partial charge on any atom is -0.462 e. The summed E-state index contributed by atoms with van der Waals surface area (Å²) in [6, 6.07) is 0.343. The predicted molar refractivity (Wildman–Crippen MR) is 268 cm³/mol. The average molecular weight is 1000 g/mol. The Bertz CT molecular complexity index is 1740. The molecule has 3 N–H and O–H groups in total. The molecule has 0 radical (unpaired) electrons. The number of carbonyl (C=O) groups excluding carboxylic acids is 4. The monoisotopic (exact) mass is 1000 g/mol. The van der Waals surface area contributed by atoms with Crippen molar-refractivity contribution >= 4 is 65.1 Å². The van der Waals surface area contributed by atoms with Gasteiger partial charge >= 0.3 is 24.1 Å². The van der Waals surface area contributed by atoms with Gasteiger partial charge in [-0.3, -0.25) is 0 Å². The van der Waals surface area contributed by atoms with E-state index in [0.717, 1.165) is 52.0 Å². The van der Waals surface area contributed by atoms with Crippen LogP contribution in [0.25, 0.3) is 0 Å². The van der Waals surface area contributed by atoms with E-state index in [1.807, 2.05) is 54.1 Å². The van der Waals surface area contributed by atoms with Crippen LogP contribution in [-0.2, 0) is 23.7 Å². The average Bonchev–Trinajstić information content (AvgIpc) is 3.88. The Balaban J connectivity index is 0.000000472. The molecule has 0 spiro atoms. The second-order valence-electron chi connectivity index (χ2n) is 17.3. The standard InChI is InChI=1S/C18H28N4O4S.C10H20N2O2.C8H9ClN2O2S.C6H15N.C4H8O/c1-6-25-15(23)13-11-19-16(27-5)21-14(13)20-12-7-9-22(10-8-12)17(24)26-18(2,3)4;1-10(2,3)14-9(13)12-6-4-8(11)5-7-12;1-3-13-7(12)5-4-10-8(14-2)11-6(5)9;1-4-7(5-2)6-3;1-2-4-5-3-1/h11-12H,6-10H2,1-5H3,(H,19,20,21);8H,4-7,11H2,1-3H3;4H,3H2,1-2H3;4-6H2,1-3H3;1-4H2. The summed E-state index contributed by atoms with van der Waals surface area (Å²) in [7, 11) is 0. The molecule has 0 saturated carbocycles. The van der Waals surface area contributed by atoms with Gasteiger partial charge in [-0.1, -0.05) is 55.9 Å². The molecule has 5 rings (SSSR count). The number of esters is 2. The van der Waals surface area contributed by atoms with Gasteiger partial charge in [0.25, 0.3) is 0 Å². The summed E-state index contributed by atoms with van der Waals surface area (Å²) in [5, 5.41) is 4.57. The zero-order valence-electron chi connectivity index (χ0n) is 42.4. The van der Waals surface area contributed by atoms with Gasteiger partial charge < -0.3 is 49.4 Å². The maximum absolute atomic E-state index is 12.2. The predicted octanol–water partition coefficient (Wildman–Crippen LogP) is 8.70. The zero-order valence-corrected chi connectivity index (χ0v) is 44.8. The molecule has 2 amide bonds. The van der Waals surface area contributed by atoms with E-state index < -0.39 is 23.1 Å². The lowest BCUT2D eigenvalue weighted by Crippen LogP contribution is -2.44. The SMILES string of the molecule is C1CCOC1.CC(C)(C)OC(=O)N1CCC(N)CC1.CCN(CC)CC.CCOC(=O)c1cnc(SC)nc1Cl.CCOC(=O)c1cnc(SC)nc1NC1CCN(C(=O)OC(C)(C)C)CC1. The van der Waals surface area contributed by atoms with Gasteiger partial charge in [-0.15, -0.1) is 0 Å². The molecule has 0 atom stereocenters. The van der Waals surface area contributed by atoms with E-state index >= 15 is 0 Å². The highest BCUT2D eigenvalue weighted by Crippen LogP contribution is 2.23. The molecule has 67 heavy (non-hydrogen) atoms. The maximum atomic E-state index is 12.2. The minimum atomic E-state index is -0.504. The fourth-order valence-electron chi connectivity index (χ4n) is 6.04. The first-order valence-corrected chi connectivity index (χ1v) is 26.1. The first kappa shape index (κ1) is 61.3. The molecule has 3 aliphatic rings. The highest BCUT2D eigenvalue weighted by atomic mass is 35.5. The fourth-order valence-corrected chi connectivity index (χ4v) is 6.98. The summed E-state index contributed by atoms with van der Waals surface area (Å²) in [5.41, 5.74) is 5.36. The first-order chi connectivity index (χ1) is 31.6. The number of piperidine rings is 2. The van der Waals surface area contributed by atoms with Crippen molar-refractivity contribution in [1.82, 2.24) is 34.6 Å². The lowest BCUT2D eigenvalue weighted by molar-refractivity contribution is 0.0197. The Labute approximate surface area is 413 Å². The third-order valence-electron chi connectivity index (χ3n) is 9.69. The molecule has 2 aromatic heterocycles. The Kier molecular flexibility index (Phi) is 30.2. The van der Waals surface area contributed by atoms with Crippen molar-refractivity contribution in [2.24, 2.45) is 5.73 Å². The number of rotatable bonds is 11. The van der Waals surface area contributed by atoms with E-state index in [4.69, 9.17) is 41.0 Å². The molecule has 2 aromatic rings. The number of hydrogen-bond donors (Lipinski definition) is 2. The highest BCUT2D eigenvalue weighted by Gasteiger charge is 2.29. The fraction of sp³-hybridized carbons (Fsp3) is 0.739. The molecule has 0 aliphatic carbocycles. The number of hydrogen-bond acceptors (Lipinski definition) is 18.